The molecule has 1 aliphatic heterocycles. The van der Waals surface area contributed by atoms with Crippen LogP contribution >= 0.6 is 0 Å². The minimum atomic E-state index is 0.192. The van der Waals surface area contributed by atoms with Crippen molar-refractivity contribution in [2.24, 2.45) is 0 Å². The maximum Gasteiger partial charge on any atom is 0.145 e. The molecule has 2 rings (SSSR count). The van der Waals surface area contributed by atoms with Crippen LogP contribution in [0.5, 0.6) is 11.5 Å². The first kappa shape index (κ1) is 13.0. The Morgan fingerprint density at radius 2 is 2.06 bits per heavy atom. The number of likely N-dealkylation sites (tertiary alicyclic amines) is 1. The summed E-state index contributed by atoms with van der Waals surface area (Å²) in [6.45, 7) is 4.38. The first-order valence-corrected chi connectivity index (χ1v) is 6.64. The van der Waals surface area contributed by atoms with E-state index in [1.165, 1.54) is 30.4 Å². The number of nitrogen functional groups attached to an aromatic ring is 1. The summed E-state index contributed by atoms with van der Waals surface area (Å²) in [5.41, 5.74) is 6.36. The minimum Gasteiger partial charge on any atom is -0.508 e. The fourth-order valence-corrected chi connectivity index (χ4v) is 2.60. The highest BCUT2D eigenvalue weighted by atomic mass is 16.5. The second kappa shape index (κ2) is 5.48. The lowest BCUT2D eigenvalue weighted by Gasteiger charge is -2.29. The molecule has 1 heterocycles. The van der Waals surface area contributed by atoms with Crippen LogP contribution in [0.1, 0.15) is 19.3 Å². The predicted octanol–water partition coefficient (Wildman–Crippen LogP) is 1.98. The van der Waals surface area contributed by atoms with Crippen LogP contribution in [-0.4, -0.2) is 42.9 Å². The van der Waals surface area contributed by atoms with Crippen molar-refractivity contribution >= 4 is 5.69 Å². The standard InChI is InChI=1S/C14H22N2O2/c1-16(7-2-3-8-16)9-4-10-18-14-11-12(17)5-6-13(14)15/h5-6,11H,2-4,7-10,15H2,1H3/p+1. The Labute approximate surface area is 109 Å². The molecule has 1 aromatic rings. The Morgan fingerprint density at radius 3 is 2.78 bits per heavy atom. The molecule has 0 atom stereocenters. The maximum absolute atomic E-state index is 9.37. The smallest absolute Gasteiger partial charge is 0.145 e. The predicted molar refractivity (Wildman–Crippen MR) is 72.7 cm³/mol. The van der Waals surface area contributed by atoms with E-state index in [1.807, 2.05) is 0 Å². The van der Waals surface area contributed by atoms with E-state index >= 15 is 0 Å². The molecule has 0 spiro atoms. The number of phenolic OH excluding ortho intramolecular Hbond substituents is 1. The van der Waals surface area contributed by atoms with E-state index < -0.39 is 0 Å². The molecule has 0 amide bonds. The molecule has 4 nitrogen and oxygen atoms in total. The molecule has 0 saturated carbocycles. The Morgan fingerprint density at radius 1 is 1.33 bits per heavy atom. The molecule has 0 aliphatic carbocycles. The van der Waals surface area contributed by atoms with Crippen molar-refractivity contribution in [3.63, 3.8) is 0 Å². The van der Waals surface area contributed by atoms with Gasteiger partial charge in [0, 0.05) is 25.3 Å². The van der Waals surface area contributed by atoms with Crippen LogP contribution in [0.25, 0.3) is 0 Å². The second-order valence-corrected chi connectivity index (χ2v) is 5.42. The largest absolute Gasteiger partial charge is 0.508 e. The summed E-state index contributed by atoms with van der Waals surface area (Å²) in [6.07, 6.45) is 3.71. The molecule has 0 unspecified atom stereocenters. The van der Waals surface area contributed by atoms with Crippen LogP contribution < -0.4 is 10.5 Å². The van der Waals surface area contributed by atoms with Gasteiger partial charge in [-0.15, -0.1) is 0 Å². The van der Waals surface area contributed by atoms with Gasteiger partial charge in [0.15, 0.2) is 0 Å². The van der Waals surface area contributed by atoms with E-state index in [0.29, 0.717) is 18.0 Å². The zero-order valence-electron chi connectivity index (χ0n) is 11.1. The molecule has 1 aliphatic rings. The van der Waals surface area contributed by atoms with E-state index in [9.17, 15) is 5.11 Å². The number of ether oxygens (including phenoxy) is 1. The summed E-state index contributed by atoms with van der Waals surface area (Å²) in [5.74, 6) is 0.775. The van der Waals surface area contributed by atoms with Crippen molar-refractivity contribution in [2.75, 3.05) is 39.0 Å². The molecule has 1 saturated heterocycles. The molecule has 0 bridgehead atoms. The summed E-state index contributed by atoms with van der Waals surface area (Å²) in [7, 11) is 2.32. The van der Waals surface area contributed by atoms with Crippen LogP contribution in [0.15, 0.2) is 18.2 Å². The molecular formula is C14H23N2O2+. The topological polar surface area (TPSA) is 55.5 Å². The van der Waals surface area contributed by atoms with Gasteiger partial charge in [-0.3, -0.25) is 0 Å². The van der Waals surface area contributed by atoms with Crippen molar-refractivity contribution in [3.05, 3.63) is 18.2 Å². The molecule has 3 N–H and O–H groups in total. The molecular weight excluding hydrogens is 228 g/mol. The van der Waals surface area contributed by atoms with Crippen LogP contribution in [0.2, 0.25) is 0 Å². The van der Waals surface area contributed by atoms with Gasteiger partial charge in [-0.1, -0.05) is 0 Å². The molecule has 0 aromatic heterocycles. The monoisotopic (exact) mass is 251 g/mol. The number of aromatic hydroxyl groups is 1. The van der Waals surface area contributed by atoms with Gasteiger partial charge in [-0.05, 0) is 12.1 Å². The first-order valence-electron chi connectivity index (χ1n) is 6.64. The van der Waals surface area contributed by atoms with Crippen molar-refractivity contribution in [1.82, 2.24) is 0 Å². The second-order valence-electron chi connectivity index (χ2n) is 5.42. The Bertz CT molecular complexity index is 401. The Hall–Kier alpha value is -1.42. The van der Waals surface area contributed by atoms with Crippen molar-refractivity contribution < 1.29 is 14.3 Å². The average molecular weight is 251 g/mol. The summed E-state index contributed by atoms with van der Waals surface area (Å²) in [5, 5.41) is 9.37. The lowest BCUT2D eigenvalue weighted by molar-refractivity contribution is -0.897. The first-order chi connectivity index (χ1) is 8.59. The fourth-order valence-electron chi connectivity index (χ4n) is 2.60. The number of hydrogen-bond acceptors (Lipinski definition) is 3. The summed E-state index contributed by atoms with van der Waals surface area (Å²) in [4.78, 5) is 0. The van der Waals surface area contributed by atoms with Gasteiger partial charge in [0.05, 0.1) is 39.0 Å². The van der Waals surface area contributed by atoms with Crippen molar-refractivity contribution in [3.8, 4) is 11.5 Å². The highest BCUT2D eigenvalue weighted by Gasteiger charge is 2.25. The van der Waals surface area contributed by atoms with E-state index in [4.69, 9.17) is 10.5 Å². The van der Waals surface area contributed by atoms with Gasteiger partial charge >= 0.3 is 0 Å². The van der Waals surface area contributed by atoms with Crippen LogP contribution in [0, 0.1) is 0 Å². The van der Waals surface area contributed by atoms with Gasteiger partial charge in [0.25, 0.3) is 0 Å². The van der Waals surface area contributed by atoms with E-state index in [2.05, 4.69) is 7.05 Å². The quantitative estimate of drug-likeness (QED) is 0.364. The number of quaternary nitrogens is 1. The lowest BCUT2D eigenvalue weighted by Crippen LogP contribution is -2.42. The lowest BCUT2D eigenvalue weighted by atomic mass is 10.3. The number of benzene rings is 1. The van der Waals surface area contributed by atoms with Crippen molar-refractivity contribution in [2.45, 2.75) is 19.3 Å². The Kier molecular flexibility index (Phi) is 3.97. The van der Waals surface area contributed by atoms with E-state index in [1.54, 1.807) is 18.2 Å². The Balaban J connectivity index is 1.76. The van der Waals surface area contributed by atoms with Crippen LogP contribution in [-0.2, 0) is 0 Å². The van der Waals surface area contributed by atoms with Gasteiger partial charge in [-0.25, -0.2) is 0 Å². The van der Waals surface area contributed by atoms with Crippen LogP contribution in [0.3, 0.4) is 0 Å². The molecule has 1 fully saturated rings. The number of nitrogens with two attached hydrogens (primary N) is 1. The van der Waals surface area contributed by atoms with Crippen molar-refractivity contribution in [1.29, 1.82) is 0 Å². The zero-order chi connectivity index (χ0) is 13.0. The van der Waals surface area contributed by atoms with E-state index in [-0.39, 0.29) is 5.75 Å². The number of rotatable bonds is 5. The third-order valence-corrected chi connectivity index (χ3v) is 3.74. The van der Waals surface area contributed by atoms with E-state index in [0.717, 1.165) is 13.0 Å². The van der Waals surface area contributed by atoms with Gasteiger partial charge in [0.2, 0.25) is 0 Å². The third-order valence-electron chi connectivity index (χ3n) is 3.74. The zero-order valence-corrected chi connectivity index (χ0v) is 11.1. The molecule has 4 heteroatoms. The van der Waals surface area contributed by atoms with Gasteiger partial charge in [-0.2, -0.15) is 0 Å². The number of anilines is 1. The molecule has 18 heavy (non-hydrogen) atoms. The number of phenols is 1. The maximum atomic E-state index is 9.37. The average Bonchev–Trinajstić information content (AvgIpc) is 2.76. The molecule has 1 aromatic carbocycles. The molecule has 0 radical (unpaired) electrons. The SMILES string of the molecule is C[N+]1(CCCOc2cc(O)ccc2N)CCCC1. The number of nitrogens with zero attached hydrogens (tertiary/aromatic N) is 1. The third kappa shape index (κ3) is 3.29. The van der Waals surface area contributed by atoms with Gasteiger partial charge in [0.1, 0.15) is 11.5 Å². The summed E-state index contributed by atoms with van der Waals surface area (Å²) in [6, 6.07) is 4.80. The molecule has 100 valence electrons. The van der Waals surface area contributed by atoms with Gasteiger partial charge < -0.3 is 20.1 Å². The summed E-state index contributed by atoms with van der Waals surface area (Å²) < 4.78 is 6.79. The fraction of sp³-hybridized carbons (Fsp3) is 0.571. The van der Waals surface area contributed by atoms with Crippen LogP contribution in [0.4, 0.5) is 5.69 Å². The number of hydrogen-bond donors (Lipinski definition) is 2. The summed E-state index contributed by atoms with van der Waals surface area (Å²) >= 11 is 0. The highest BCUT2D eigenvalue weighted by molar-refractivity contribution is 5.55. The minimum absolute atomic E-state index is 0.192. The highest BCUT2D eigenvalue weighted by Crippen LogP contribution is 2.26. The normalized spacial score (nSPS) is 17.8.